The minimum absolute atomic E-state index is 0.0339. The Kier molecular flexibility index (Phi) is 6.12. The third kappa shape index (κ3) is 3.58. The van der Waals surface area contributed by atoms with Crippen LogP contribution in [0.25, 0.3) is 5.76 Å². The summed E-state index contributed by atoms with van der Waals surface area (Å²) >= 11 is 0. The van der Waals surface area contributed by atoms with E-state index in [1.807, 2.05) is 0 Å². The molecule has 11 nitrogen and oxygen atoms in total. The molecule has 0 radical (unpaired) electrons. The molecule has 1 heterocycles. The standard InChI is InChI=1S/C30H37N3O8/c1-11(2)33-10-13-7-14(13)22(33)16-9-18(34)20-15(26(16)41-5)6-12-8-17-23(32(3)4)25(36)21(29(31)39)28(38)30(17,40)27(37)19(12)24(20)35/h9,11-14,17,22-23,34-35,38,40H,6-8,10H2,1-5H3,(H2,31,39)/t12-,13?,14?,17-,22?,23-,30-/m0/s1. The molecule has 0 spiro atoms. The molecule has 0 aromatic heterocycles. The monoisotopic (exact) mass is 567 g/mol. The number of benzene rings is 1. The van der Waals surface area contributed by atoms with Crippen molar-refractivity contribution in [3.05, 3.63) is 39.7 Å². The number of methoxy groups -OCH3 is 1. The molecule has 2 saturated carbocycles. The lowest BCUT2D eigenvalue weighted by Gasteiger charge is -2.50. The second kappa shape index (κ2) is 9.04. The van der Waals surface area contributed by atoms with Gasteiger partial charge in [-0.1, -0.05) is 0 Å². The summed E-state index contributed by atoms with van der Waals surface area (Å²) < 4.78 is 5.95. The number of phenols is 1. The fraction of sp³-hybridized carbons (Fsp3) is 0.567. The lowest BCUT2D eigenvalue weighted by atomic mass is 9.57. The van der Waals surface area contributed by atoms with Crippen LogP contribution < -0.4 is 10.5 Å². The maximum atomic E-state index is 14.0. The number of carbonyl (C=O) groups excluding carboxylic acids is 3. The number of nitrogens with zero attached hydrogens (tertiary/aromatic N) is 2. The maximum absolute atomic E-state index is 14.0. The Morgan fingerprint density at radius 2 is 1.88 bits per heavy atom. The zero-order valence-electron chi connectivity index (χ0n) is 23.8. The van der Waals surface area contributed by atoms with Gasteiger partial charge in [-0.2, -0.15) is 0 Å². The van der Waals surface area contributed by atoms with Gasteiger partial charge < -0.3 is 30.9 Å². The second-order valence-electron chi connectivity index (χ2n) is 12.7. The number of Topliss-reactive ketones (excluding diaryl/α,β-unsaturated/α-hetero) is 2. The van der Waals surface area contributed by atoms with Gasteiger partial charge in [-0.05, 0) is 71.0 Å². The molecular weight excluding hydrogens is 530 g/mol. The molecule has 3 fully saturated rings. The molecule has 5 aliphatic rings. The highest BCUT2D eigenvalue weighted by Gasteiger charge is 2.64. The molecule has 1 amide bonds. The number of aromatic hydroxyl groups is 1. The number of fused-ring (bicyclic) bond motifs is 4. The van der Waals surface area contributed by atoms with Gasteiger partial charge in [0.1, 0.15) is 28.6 Å². The van der Waals surface area contributed by atoms with E-state index in [1.54, 1.807) is 27.3 Å². The number of piperidine rings is 1. The highest BCUT2D eigenvalue weighted by atomic mass is 16.5. The van der Waals surface area contributed by atoms with Crippen LogP contribution in [0.4, 0.5) is 0 Å². The first-order valence-electron chi connectivity index (χ1n) is 14.1. The first-order valence-corrected chi connectivity index (χ1v) is 14.1. The van der Waals surface area contributed by atoms with Crippen LogP contribution in [0, 0.1) is 23.7 Å². The van der Waals surface area contributed by atoms with E-state index in [9.17, 15) is 34.8 Å². The topological polar surface area (TPSA) is 174 Å². The Morgan fingerprint density at radius 1 is 1.20 bits per heavy atom. The van der Waals surface area contributed by atoms with Crippen molar-refractivity contribution in [2.75, 3.05) is 27.7 Å². The van der Waals surface area contributed by atoms with Gasteiger partial charge in [0.05, 0.1) is 18.7 Å². The molecule has 1 aromatic carbocycles. The number of rotatable bonds is 5. The highest BCUT2D eigenvalue weighted by molar-refractivity contribution is 6.24. The van der Waals surface area contributed by atoms with E-state index in [-0.39, 0.29) is 41.8 Å². The SMILES string of the molecule is COc1c(C2C3CC3CN2C(C)C)cc(O)c2c1C[C@H]1C[C@H]3[C@H](N(C)C)C(=O)C(C(N)=O)=C(O)[C@@]3(O)C(=O)C1=C2O. The summed E-state index contributed by atoms with van der Waals surface area (Å²) in [5.41, 5.74) is 3.16. The molecule has 7 atom stereocenters. The number of aliphatic hydroxyl groups excluding tert-OH is 2. The van der Waals surface area contributed by atoms with E-state index in [0.29, 0.717) is 23.1 Å². The van der Waals surface area contributed by atoms with Crippen LogP contribution in [0.3, 0.4) is 0 Å². The Bertz CT molecular complexity index is 1460. The molecule has 220 valence electrons. The van der Waals surface area contributed by atoms with Crippen molar-refractivity contribution < 1.29 is 39.5 Å². The van der Waals surface area contributed by atoms with Gasteiger partial charge in [0, 0.05) is 41.2 Å². The lowest BCUT2D eigenvalue weighted by molar-refractivity contribution is -0.153. The summed E-state index contributed by atoms with van der Waals surface area (Å²) in [6.07, 6.45) is 1.33. The van der Waals surface area contributed by atoms with E-state index >= 15 is 0 Å². The van der Waals surface area contributed by atoms with Crippen LogP contribution in [-0.4, -0.2) is 93.1 Å². The minimum atomic E-state index is -2.66. The Morgan fingerprint density at radius 3 is 2.46 bits per heavy atom. The van der Waals surface area contributed by atoms with Gasteiger partial charge in [-0.25, -0.2) is 0 Å². The average Bonchev–Trinajstić information content (AvgIpc) is 3.54. The maximum Gasteiger partial charge on any atom is 0.255 e. The molecule has 41 heavy (non-hydrogen) atoms. The molecule has 6 N–H and O–H groups in total. The van der Waals surface area contributed by atoms with Crippen LogP contribution in [0.2, 0.25) is 0 Å². The number of nitrogens with two attached hydrogens (primary N) is 1. The number of hydrogen-bond donors (Lipinski definition) is 5. The van der Waals surface area contributed by atoms with Crippen LogP contribution in [0.5, 0.6) is 11.5 Å². The van der Waals surface area contributed by atoms with Crippen molar-refractivity contribution in [3.8, 4) is 11.5 Å². The second-order valence-corrected chi connectivity index (χ2v) is 12.7. The number of primary amides is 1. The normalized spacial score (nSPS) is 34.5. The van der Waals surface area contributed by atoms with Crippen molar-refractivity contribution in [2.24, 2.45) is 29.4 Å². The zero-order chi connectivity index (χ0) is 29.9. The number of hydrogen-bond acceptors (Lipinski definition) is 10. The molecule has 1 aliphatic heterocycles. The fourth-order valence-corrected chi connectivity index (χ4v) is 8.22. The quantitative estimate of drug-likeness (QED) is 0.327. The average molecular weight is 568 g/mol. The number of ether oxygens (including phenoxy) is 1. The Hall–Kier alpha value is -3.41. The minimum Gasteiger partial charge on any atom is -0.508 e. The van der Waals surface area contributed by atoms with Crippen molar-refractivity contribution >= 4 is 23.2 Å². The number of likely N-dealkylation sites (tertiary alicyclic amines) is 1. The molecule has 0 bridgehead atoms. The van der Waals surface area contributed by atoms with E-state index in [0.717, 1.165) is 18.5 Å². The fourth-order valence-electron chi connectivity index (χ4n) is 8.22. The first-order chi connectivity index (χ1) is 19.2. The summed E-state index contributed by atoms with van der Waals surface area (Å²) in [6.45, 7) is 5.24. The number of ketones is 2. The van der Waals surface area contributed by atoms with Crippen LogP contribution in [0.15, 0.2) is 23.0 Å². The third-order valence-corrected chi connectivity index (χ3v) is 10.1. The van der Waals surface area contributed by atoms with E-state index in [4.69, 9.17) is 10.5 Å². The summed E-state index contributed by atoms with van der Waals surface area (Å²) in [6, 6.07) is 0.797. The zero-order valence-corrected chi connectivity index (χ0v) is 23.8. The smallest absolute Gasteiger partial charge is 0.255 e. The van der Waals surface area contributed by atoms with Gasteiger partial charge in [-0.15, -0.1) is 0 Å². The summed E-state index contributed by atoms with van der Waals surface area (Å²) in [5, 5.41) is 45.6. The molecule has 6 rings (SSSR count). The van der Waals surface area contributed by atoms with Gasteiger partial charge in [-0.3, -0.25) is 24.2 Å². The highest BCUT2D eigenvalue weighted by Crippen LogP contribution is 2.61. The largest absolute Gasteiger partial charge is 0.508 e. The molecule has 1 aromatic rings. The number of aliphatic hydroxyl groups is 3. The summed E-state index contributed by atoms with van der Waals surface area (Å²) in [4.78, 5) is 43.4. The molecule has 1 saturated heterocycles. The molecule has 3 unspecified atom stereocenters. The number of likely N-dealkylation sites (N-methyl/N-ethyl adjacent to an activating group) is 1. The third-order valence-electron chi connectivity index (χ3n) is 10.1. The van der Waals surface area contributed by atoms with E-state index in [2.05, 4.69) is 18.7 Å². The molecule has 11 heteroatoms. The van der Waals surface area contributed by atoms with Crippen molar-refractivity contribution in [3.63, 3.8) is 0 Å². The van der Waals surface area contributed by atoms with Gasteiger partial charge >= 0.3 is 0 Å². The van der Waals surface area contributed by atoms with Gasteiger partial charge in [0.25, 0.3) is 5.91 Å². The number of phenolic OH excluding ortho intramolecular Hbond substituents is 1. The van der Waals surface area contributed by atoms with E-state index in [1.165, 1.54) is 4.90 Å². The van der Waals surface area contributed by atoms with Crippen LogP contribution >= 0.6 is 0 Å². The lowest BCUT2D eigenvalue weighted by Crippen LogP contribution is -2.65. The van der Waals surface area contributed by atoms with Gasteiger partial charge in [0.15, 0.2) is 11.4 Å². The van der Waals surface area contributed by atoms with Crippen molar-refractivity contribution in [2.45, 2.75) is 56.8 Å². The molecular formula is C30H37N3O8. The summed E-state index contributed by atoms with van der Waals surface area (Å²) in [7, 11) is 4.70. The molecule has 4 aliphatic carbocycles. The Labute approximate surface area is 237 Å². The van der Waals surface area contributed by atoms with E-state index < -0.39 is 58.0 Å². The first kappa shape index (κ1) is 27.7. The van der Waals surface area contributed by atoms with Crippen LogP contribution in [-0.2, 0) is 20.8 Å². The van der Waals surface area contributed by atoms with Crippen molar-refractivity contribution in [1.82, 2.24) is 9.80 Å². The van der Waals surface area contributed by atoms with Crippen LogP contribution in [0.1, 0.15) is 49.4 Å². The number of amides is 1. The predicted octanol–water partition coefficient (Wildman–Crippen LogP) is 1.37. The predicted molar refractivity (Wildman–Crippen MR) is 147 cm³/mol. The summed E-state index contributed by atoms with van der Waals surface area (Å²) in [5.74, 6) is -5.08. The Balaban J connectivity index is 1.53. The van der Waals surface area contributed by atoms with Gasteiger partial charge in [0.2, 0.25) is 5.78 Å². The number of carbonyl (C=O) groups is 3. The van der Waals surface area contributed by atoms with Crippen molar-refractivity contribution in [1.29, 1.82) is 0 Å².